The van der Waals surface area contributed by atoms with Crippen LogP contribution in [0.1, 0.15) is 39.1 Å². The molecule has 8 nitrogen and oxygen atoms in total. The molecule has 1 atom stereocenters. The maximum absolute atomic E-state index is 13.0. The summed E-state index contributed by atoms with van der Waals surface area (Å²) in [5.41, 5.74) is 1.44. The summed E-state index contributed by atoms with van der Waals surface area (Å²) in [5, 5.41) is 12.8. The maximum Gasteiger partial charge on any atom is 0.303 e. The number of rotatable bonds is 9. The summed E-state index contributed by atoms with van der Waals surface area (Å²) in [6.45, 7) is -0.556. The van der Waals surface area contributed by atoms with E-state index < -0.39 is 42.1 Å². The van der Waals surface area contributed by atoms with Crippen LogP contribution in [0, 0.1) is 0 Å². The van der Waals surface area contributed by atoms with Crippen molar-refractivity contribution in [1.82, 2.24) is 10.2 Å². The molecule has 0 saturated heterocycles. The lowest BCUT2D eigenvalue weighted by Crippen LogP contribution is -2.50. The molecule has 1 unspecified atom stereocenters. The molecule has 1 aliphatic rings. The number of hydrogen-bond acceptors (Lipinski definition) is 5. The van der Waals surface area contributed by atoms with Crippen LogP contribution in [0.4, 0.5) is 0 Å². The van der Waals surface area contributed by atoms with Gasteiger partial charge in [-0.05, 0) is 29.5 Å². The smallest absolute Gasteiger partial charge is 0.303 e. The predicted octanol–water partition coefficient (Wildman–Crippen LogP) is 2.60. The van der Waals surface area contributed by atoms with E-state index in [1.807, 2.05) is 18.2 Å². The van der Waals surface area contributed by atoms with Crippen molar-refractivity contribution in [2.45, 2.75) is 25.3 Å². The monoisotopic (exact) mass is 458 g/mol. The molecule has 1 heterocycles. The van der Waals surface area contributed by atoms with Crippen molar-refractivity contribution in [2.75, 3.05) is 6.54 Å². The summed E-state index contributed by atoms with van der Waals surface area (Å²) in [5.74, 6) is -3.40. The number of carbonyl (C=O) groups excluding carboxylic acids is 4. The van der Waals surface area contributed by atoms with Gasteiger partial charge < -0.3 is 10.4 Å². The van der Waals surface area contributed by atoms with Gasteiger partial charge in [0.05, 0.1) is 12.5 Å². The van der Waals surface area contributed by atoms with Crippen LogP contribution in [0.5, 0.6) is 0 Å². The molecule has 3 aromatic rings. The molecule has 8 heteroatoms. The zero-order valence-corrected chi connectivity index (χ0v) is 18.2. The standard InChI is InChI=1S/C26H22N2O6/c29-21(12-13-23(31)32)20(14-16-6-2-1-3-7-16)27-22(30)15-28-25(33)18-10-4-8-17-9-5-11-19(24(17)18)26(28)34/h1-11,20H,12-15H2,(H,27,30)(H,31,32). The Labute approximate surface area is 195 Å². The summed E-state index contributed by atoms with van der Waals surface area (Å²) in [4.78, 5) is 63.4. The van der Waals surface area contributed by atoms with Crippen molar-refractivity contribution in [3.63, 3.8) is 0 Å². The zero-order chi connectivity index (χ0) is 24.2. The number of benzene rings is 3. The summed E-state index contributed by atoms with van der Waals surface area (Å²) in [6, 6.07) is 18.3. The molecule has 3 amide bonds. The number of nitrogens with one attached hydrogen (secondary N) is 1. The molecule has 0 aromatic heterocycles. The van der Waals surface area contributed by atoms with E-state index in [1.165, 1.54) is 0 Å². The summed E-state index contributed by atoms with van der Waals surface area (Å²) in [7, 11) is 0. The van der Waals surface area contributed by atoms with Crippen molar-refractivity contribution in [3.8, 4) is 0 Å². The summed E-state index contributed by atoms with van der Waals surface area (Å²) >= 11 is 0. The minimum atomic E-state index is -1.12. The number of Topliss-reactive ketones (excluding diaryl/α,β-unsaturated/α-hetero) is 1. The van der Waals surface area contributed by atoms with Gasteiger partial charge in [0, 0.05) is 22.9 Å². The molecule has 1 aliphatic heterocycles. The molecular weight excluding hydrogens is 436 g/mol. The third-order valence-electron chi connectivity index (χ3n) is 5.75. The quantitative estimate of drug-likeness (QED) is 0.476. The van der Waals surface area contributed by atoms with Gasteiger partial charge in [0.25, 0.3) is 11.8 Å². The molecule has 0 spiro atoms. The van der Waals surface area contributed by atoms with E-state index in [2.05, 4.69) is 5.32 Å². The number of carboxylic acids is 1. The average molecular weight is 458 g/mol. The van der Waals surface area contributed by atoms with Gasteiger partial charge in [-0.1, -0.05) is 54.6 Å². The Bertz CT molecular complexity index is 1250. The second-order valence-corrected chi connectivity index (χ2v) is 8.08. The van der Waals surface area contributed by atoms with Crippen LogP contribution in [0.25, 0.3) is 10.8 Å². The number of hydrogen-bond donors (Lipinski definition) is 2. The second kappa shape index (κ2) is 9.66. The third-order valence-corrected chi connectivity index (χ3v) is 5.75. The van der Waals surface area contributed by atoms with E-state index in [1.54, 1.807) is 48.5 Å². The van der Waals surface area contributed by atoms with Gasteiger partial charge in [0.2, 0.25) is 5.91 Å². The Kier molecular flexibility index (Phi) is 6.49. The highest BCUT2D eigenvalue weighted by atomic mass is 16.4. The topological polar surface area (TPSA) is 121 Å². The van der Waals surface area contributed by atoms with Crippen molar-refractivity contribution in [3.05, 3.63) is 83.4 Å². The Hall–Kier alpha value is -4.33. The lowest BCUT2D eigenvalue weighted by atomic mass is 9.94. The molecule has 0 saturated carbocycles. The van der Waals surface area contributed by atoms with Gasteiger partial charge in [-0.2, -0.15) is 0 Å². The number of imide groups is 1. The lowest BCUT2D eigenvalue weighted by Gasteiger charge is -2.27. The van der Waals surface area contributed by atoms with Crippen LogP contribution in [-0.4, -0.2) is 52.1 Å². The zero-order valence-electron chi connectivity index (χ0n) is 18.2. The van der Waals surface area contributed by atoms with Crippen molar-refractivity contribution in [2.24, 2.45) is 0 Å². The largest absolute Gasteiger partial charge is 0.481 e. The number of nitrogens with zero attached hydrogens (tertiary/aromatic N) is 1. The first-order valence-corrected chi connectivity index (χ1v) is 10.8. The lowest BCUT2D eigenvalue weighted by molar-refractivity contribution is -0.138. The van der Waals surface area contributed by atoms with Gasteiger partial charge in [0.15, 0.2) is 5.78 Å². The minimum absolute atomic E-state index is 0.162. The van der Waals surface area contributed by atoms with Gasteiger partial charge in [-0.25, -0.2) is 0 Å². The van der Waals surface area contributed by atoms with Crippen molar-refractivity contribution >= 4 is 40.2 Å². The van der Waals surface area contributed by atoms with E-state index in [0.29, 0.717) is 16.5 Å². The molecule has 0 fully saturated rings. The number of amides is 3. The molecule has 4 rings (SSSR count). The first-order chi connectivity index (χ1) is 16.3. The van der Waals surface area contributed by atoms with Gasteiger partial charge in [-0.3, -0.25) is 28.9 Å². The van der Waals surface area contributed by atoms with Crippen LogP contribution >= 0.6 is 0 Å². The average Bonchev–Trinajstić information content (AvgIpc) is 2.83. The fraction of sp³-hybridized carbons (Fsp3) is 0.192. The second-order valence-electron chi connectivity index (χ2n) is 8.08. The number of aliphatic carboxylic acids is 1. The molecule has 3 aromatic carbocycles. The Morgan fingerprint density at radius 1 is 0.824 bits per heavy atom. The third kappa shape index (κ3) is 4.71. The molecule has 2 N–H and O–H groups in total. The van der Waals surface area contributed by atoms with Crippen LogP contribution in [0.3, 0.4) is 0 Å². The van der Waals surface area contributed by atoms with Crippen LogP contribution in [0.15, 0.2) is 66.7 Å². The van der Waals surface area contributed by atoms with Crippen LogP contribution in [-0.2, 0) is 20.8 Å². The highest BCUT2D eigenvalue weighted by molar-refractivity contribution is 6.26. The van der Waals surface area contributed by atoms with Crippen molar-refractivity contribution < 1.29 is 29.1 Å². The van der Waals surface area contributed by atoms with Gasteiger partial charge in [0.1, 0.15) is 6.54 Å². The van der Waals surface area contributed by atoms with E-state index in [4.69, 9.17) is 5.11 Å². The molecule has 0 bridgehead atoms. The Morgan fingerprint density at radius 2 is 1.44 bits per heavy atom. The van der Waals surface area contributed by atoms with E-state index in [-0.39, 0.29) is 19.3 Å². The first kappa shape index (κ1) is 22.8. The summed E-state index contributed by atoms with van der Waals surface area (Å²) in [6.07, 6.45) is -0.441. The van der Waals surface area contributed by atoms with E-state index in [0.717, 1.165) is 15.8 Å². The molecule has 34 heavy (non-hydrogen) atoms. The van der Waals surface area contributed by atoms with E-state index >= 15 is 0 Å². The molecule has 0 radical (unpaired) electrons. The van der Waals surface area contributed by atoms with Crippen LogP contribution in [0.2, 0.25) is 0 Å². The number of carboxylic acid groups (broad SMARTS) is 1. The highest BCUT2D eigenvalue weighted by Gasteiger charge is 2.34. The predicted molar refractivity (Wildman–Crippen MR) is 123 cm³/mol. The van der Waals surface area contributed by atoms with Crippen LogP contribution < -0.4 is 5.32 Å². The minimum Gasteiger partial charge on any atom is -0.481 e. The maximum atomic E-state index is 13.0. The Morgan fingerprint density at radius 3 is 2.03 bits per heavy atom. The Balaban J connectivity index is 1.53. The fourth-order valence-electron chi connectivity index (χ4n) is 4.11. The number of carbonyl (C=O) groups is 5. The van der Waals surface area contributed by atoms with Crippen molar-refractivity contribution in [1.29, 1.82) is 0 Å². The highest BCUT2D eigenvalue weighted by Crippen LogP contribution is 2.29. The normalized spacial score (nSPS) is 13.6. The first-order valence-electron chi connectivity index (χ1n) is 10.8. The SMILES string of the molecule is O=C(O)CCC(=O)C(Cc1ccccc1)NC(=O)CN1C(=O)c2cccc3cccc(c23)C1=O. The number of ketones is 1. The molecule has 0 aliphatic carbocycles. The van der Waals surface area contributed by atoms with Gasteiger partial charge in [-0.15, -0.1) is 0 Å². The molecule has 172 valence electrons. The fourth-order valence-corrected chi connectivity index (χ4v) is 4.11. The summed E-state index contributed by atoms with van der Waals surface area (Å²) < 4.78 is 0. The van der Waals surface area contributed by atoms with Gasteiger partial charge >= 0.3 is 5.97 Å². The molecular formula is C26H22N2O6. The van der Waals surface area contributed by atoms with E-state index in [9.17, 15) is 24.0 Å².